The number of phenolic OH excluding ortho intramolecular Hbond substituents is 1. The number of fused-ring (bicyclic) bond motifs is 1. The number of carbonyl (C=O) groups excluding carboxylic acids is 1. The van der Waals surface area contributed by atoms with Crippen LogP contribution < -0.4 is 0 Å². The minimum Gasteiger partial charge on any atom is -0.508 e. The van der Waals surface area contributed by atoms with Gasteiger partial charge in [-0.2, -0.15) is 4.65 Å². The average molecular weight is 342 g/mol. The predicted molar refractivity (Wildman–Crippen MR) is 94.0 cm³/mol. The maximum absolute atomic E-state index is 12.4. The van der Waals surface area contributed by atoms with Gasteiger partial charge in [0.1, 0.15) is 30.7 Å². The molecule has 25 heavy (non-hydrogen) atoms. The van der Waals surface area contributed by atoms with Crippen molar-refractivity contribution in [2.75, 3.05) is 20.2 Å². The number of likely N-dealkylation sites (tertiary alicyclic amines) is 1. The average Bonchev–Trinajstić information content (AvgIpc) is 3.41. The molecule has 4 aliphatic rings. The minimum absolute atomic E-state index is 0.0733. The molecule has 1 aliphatic heterocycles. The number of nitrogens with zero attached hydrogens (tertiary/aromatic N) is 1. The molecule has 2 bridgehead atoms. The second-order valence-electron chi connectivity index (χ2n) is 8.86. The van der Waals surface area contributed by atoms with Gasteiger partial charge in [0.25, 0.3) is 0 Å². The molecule has 134 valence electrons. The van der Waals surface area contributed by atoms with E-state index in [1.807, 2.05) is 13.2 Å². The Bertz CT molecular complexity index is 728. The monoisotopic (exact) mass is 342 g/mol. The molecule has 4 nitrogen and oxygen atoms in total. The molecule has 5 rings (SSSR count). The number of rotatable bonds is 3. The van der Waals surface area contributed by atoms with Crippen LogP contribution in [0.3, 0.4) is 0 Å². The van der Waals surface area contributed by atoms with Crippen LogP contribution in [0.4, 0.5) is 0 Å². The van der Waals surface area contributed by atoms with Crippen LogP contribution >= 0.6 is 0 Å². The van der Waals surface area contributed by atoms with Gasteiger partial charge in [-0.25, -0.2) is 4.84 Å². The van der Waals surface area contributed by atoms with Crippen molar-refractivity contribution >= 4 is 5.78 Å². The summed E-state index contributed by atoms with van der Waals surface area (Å²) in [5.41, 5.74) is 2.50. The van der Waals surface area contributed by atoms with Gasteiger partial charge in [-0.05, 0) is 42.5 Å². The van der Waals surface area contributed by atoms with Gasteiger partial charge in [-0.15, -0.1) is 0 Å². The highest BCUT2D eigenvalue weighted by Crippen LogP contribution is 2.58. The third kappa shape index (κ3) is 2.23. The number of ketones is 1. The van der Waals surface area contributed by atoms with E-state index in [1.54, 1.807) is 6.07 Å². The fraction of sp³-hybridized carbons (Fsp3) is 0.667. The zero-order valence-electron chi connectivity index (χ0n) is 15.0. The lowest BCUT2D eigenvalue weighted by molar-refractivity contribution is -1.13. The SMILES string of the molecule is CO[N+]1(CC2CC2)CC[C@]23CC(=O)CC[C@H]2[C@H]1Cc1ccc(O)cc13. The van der Waals surface area contributed by atoms with Crippen LogP contribution in [0.2, 0.25) is 0 Å². The fourth-order valence-electron chi connectivity index (χ4n) is 6.32. The molecule has 1 aromatic rings. The van der Waals surface area contributed by atoms with E-state index in [-0.39, 0.29) is 5.41 Å². The number of piperidine rings is 1. The van der Waals surface area contributed by atoms with Gasteiger partial charge in [0, 0.05) is 42.9 Å². The third-order valence-electron chi connectivity index (χ3n) is 7.65. The lowest BCUT2D eigenvalue weighted by Crippen LogP contribution is -2.70. The number of phenols is 1. The summed E-state index contributed by atoms with van der Waals surface area (Å²) in [4.78, 5) is 18.7. The lowest BCUT2D eigenvalue weighted by Gasteiger charge is -2.60. The first-order valence-electron chi connectivity index (χ1n) is 9.83. The quantitative estimate of drug-likeness (QED) is 0.859. The van der Waals surface area contributed by atoms with Crippen molar-refractivity contribution in [3.05, 3.63) is 29.3 Å². The number of hydroxylamine groups is 3. The number of hydrogen-bond donors (Lipinski definition) is 1. The van der Waals surface area contributed by atoms with Crippen LogP contribution in [-0.2, 0) is 21.5 Å². The van der Waals surface area contributed by atoms with Crippen LogP contribution in [0.25, 0.3) is 0 Å². The first kappa shape index (κ1) is 15.8. The maximum Gasteiger partial charge on any atom is 0.133 e. The topological polar surface area (TPSA) is 46.5 Å². The molecule has 2 saturated carbocycles. The van der Waals surface area contributed by atoms with Crippen molar-refractivity contribution in [3.8, 4) is 5.75 Å². The van der Waals surface area contributed by atoms with E-state index in [2.05, 4.69) is 6.07 Å². The van der Waals surface area contributed by atoms with Gasteiger partial charge in [0.2, 0.25) is 0 Å². The van der Waals surface area contributed by atoms with E-state index in [0.717, 1.165) is 42.9 Å². The Kier molecular flexibility index (Phi) is 3.36. The summed E-state index contributed by atoms with van der Waals surface area (Å²) >= 11 is 0. The van der Waals surface area contributed by atoms with Crippen molar-refractivity contribution < 1.29 is 19.4 Å². The Labute approximate surface area is 149 Å². The van der Waals surface area contributed by atoms with Gasteiger partial charge < -0.3 is 5.11 Å². The van der Waals surface area contributed by atoms with Crippen LogP contribution in [0.15, 0.2) is 18.2 Å². The van der Waals surface area contributed by atoms with E-state index in [4.69, 9.17) is 4.84 Å². The normalized spacial score (nSPS) is 39.6. The largest absolute Gasteiger partial charge is 0.508 e. The Morgan fingerprint density at radius 2 is 2.16 bits per heavy atom. The van der Waals surface area contributed by atoms with E-state index < -0.39 is 0 Å². The summed E-state index contributed by atoms with van der Waals surface area (Å²) < 4.78 is 0.783. The second kappa shape index (κ2) is 5.31. The summed E-state index contributed by atoms with van der Waals surface area (Å²) in [7, 11) is 1.88. The van der Waals surface area contributed by atoms with Gasteiger partial charge in [0.05, 0.1) is 7.11 Å². The summed E-state index contributed by atoms with van der Waals surface area (Å²) in [6, 6.07) is 6.29. The zero-order chi connectivity index (χ0) is 17.2. The fourth-order valence-corrected chi connectivity index (χ4v) is 6.32. The van der Waals surface area contributed by atoms with Crippen molar-refractivity contribution in [1.29, 1.82) is 0 Å². The Hall–Kier alpha value is -1.39. The molecule has 1 N–H and O–H groups in total. The number of hydrogen-bond acceptors (Lipinski definition) is 3. The van der Waals surface area contributed by atoms with Crippen LogP contribution in [0.5, 0.6) is 5.75 Å². The summed E-state index contributed by atoms with van der Waals surface area (Å²) in [6.07, 6.45) is 7.03. The van der Waals surface area contributed by atoms with Gasteiger partial charge in [-0.3, -0.25) is 4.79 Å². The Balaban J connectivity index is 1.64. The number of aromatic hydroxyl groups is 1. The van der Waals surface area contributed by atoms with Gasteiger partial charge in [-0.1, -0.05) is 6.07 Å². The smallest absolute Gasteiger partial charge is 0.133 e. The number of benzene rings is 1. The Morgan fingerprint density at radius 3 is 2.92 bits per heavy atom. The maximum atomic E-state index is 12.4. The summed E-state index contributed by atoms with van der Waals surface area (Å²) in [5, 5.41) is 10.1. The predicted octanol–water partition coefficient (Wildman–Crippen LogP) is 3.12. The molecule has 0 spiro atoms. The highest BCUT2D eigenvalue weighted by Gasteiger charge is 2.63. The van der Waals surface area contributed by atoms with Crippen molar-refractivity contribution in [2.24, 2.45) is 11.8 Å². The van der Waals surface area contributed by atoms with Crippen molar-refractivity contribution in [3.63, 3.8) is 0 Å². The third-order valence-corrected chi connectivity index (χ3v) is 7.65. The van der Waals surface area contributed by atoms with Crippen LogP contribution in [-0.4, -0.2) is 41.8 Å². The minimum atomic E-state index is -0.0733. The lowest BCUT2D eigenvalue weighted by atomic mass is 9.52. The number of carbonyl (C=O) groups is 1. The highest BCUT2D eigenvalue weighted by molar-refractivity contribution is 5.81. The molecular weight excluding hydrogens is 314 g/mol. The van der Waals surface area contributed by atoms with Crippen molar-refractivity contribution in [1.82, 2.24) is 0 Å². The van der Waals surface area contributed by atoms with Crippen molar-refractivity contribution in [2.45, 2.75) is 56.4 Å². The molecule has 0 radical (unpaired) electrons. The molecule has 4 heteroatoms. The van der Waals surface area contributed by atoms with Crippen LogP contribution in [0.1, 0.15) is 49.7 Å². The first-order chi connectivity index (χ1) is 12.1. The molecular formula is C21H28NO3+. The molecule has 3 fully saturated rings. The van der Waals surface area contributed by atoms with E-state index >= 15 is 0 Å². The standard InChI is InChI=1S/C21H27NO3/c1-25-22(13-14-2-3-14)9-8-21-12-17(24)6-7-18(21)20(22)10-15-4-5-16(23)11-19(15)21/h4-5,11,14,18,20H,2-3,6-10,12-13H2,1H3/p+1/t18-,20+,21-,22?/m0/s1. The molecule has 0 aromatic heterocycles. The van der Waals surface area contributed by atoms with Crippen LogP contribution in [0, 0.1) is 11.8 Å². The Morgan fingerprint density at radius 1 is 1.32 bits per heavy atom. The first-order valence-corrected chi connectivity index (χ1v) is 9.83. The molecule has 0 amide bonds. The second-order valence-corrected chi connectivity index (χ2v) is 8.86. The molecule has 1 unspecified atom stereocenters. The summed E-state index contributed by atoms with van der Waals surface area (Å²) in [5.74, 6) is 2.04. The molecule has 4 atom stereocenters. The van der Waals surface area contributed by atoms with E-state index in [0.29, 0.717) is 36.3 Å². The number of quaternary nitrogens is 1. The highest BCUT2D eigenvalue weighted by atomic mass is 16.7. The zero-order valence-corrected chi connectivity index (χ0v) is 15.0. The molecule has 3 aliphatic carbocycles. The molecule has 1 heterocycles. The van der Waals surface area contributed by atoms with E-state index in [9.17, 15) is 9.90 Å². The molecule has 1 aromatic carbocycles. The van der Waals surface area contributed by atoms with Gasteiger partial charge >= 0.3 is 0 Å². The molecule has 1 saturated heterocycles. The summed E-state index contributed by atoms with van der Waals surface area (Å²) in [6.45, 7) is 2.13. The van der Waals surface area contributed by atoms with E-state index in [1.165, 1.54) is 24.0 Å². The number of Topliss-reactive ketones (excluding diaryl/α,β-unsaturated/α-hetero) is 1. The van der Waals surface area contributed by atoms with Gasteiger partial charge in [0.15, 0.2) is 0 Å².